The number of morpholine rings is 1. The van der Waals surface area contributed by atoms with E-state index in [0.717, 1.165) is 17.0 Å². The smallest absolute Gasteiger partial charge is 0.416 e. The number of hydrogen-bond donors (Lipinski definition) is 1. The van der Waals surface area contributed by atoms with E-state index in [1.54, 1.807) is 6.07 Å². The Morgan fingerprint density at radius 2 is 1.93 bits per heavy atom. The molecule has 0 bridgehead atoms. The molecule has 1 saturated heterocycles. The molecule has 1 aliphatic rings. The molecule has 2 amide bonds. The number of carbonyl (C=O) groups excluding carboxylic acids is 2. The highest BCUT2D eigenvalue weighted by Gasteiger charge is 2.32. The zero-order chi connectivity index (χ0) is 21.0. The first-order valence-electron chi connectivity index (χ1n) is 8.88. The standard InChI is InChI=1S/C19H20F3N3O4/c1-24(18(27)16-3-2-8-29-16)12-17(26)23-14-11-13(19(20,21)22)4-5-15(14)25-6-9-28-10-7-25/h2-5,8,11H,6-7,9-10,12H2,1H3,(H,23,26). The van der Waals surface area contributed by atoms with Crippen LogP contribution in [0.4, 0.5) is 24.5 Å². The fraction of sp³-hybridized carbons (Fsp3) is 0.368. The Balaban J connectivity index is 1.78. The Labute approximate surface area is 165 Å². The Bertz CT molecular complexity index is 862. The van der Waals surface area contributed by atoms with Crippen LogP contribution in [0.25, 0.3) is 0 Å². The van der Waals surface area contributed by atoms with Gasteiger partial charge >= 0.3 is 6.18 Å². The van der Waals surface area contributed by atoms with Gasteiger partial charge in [-0.2, -0.15) is 13.2 Å². The van der Waals surface area contributed by atoms with Gasteiger partial charge in [-0.1, -0.05) is 0 Å². The summed E-state index contributed by atoms with van der Waals surface area (Å²) in [6, 6.07) is 6.21. The Kier molecular flexibility index (Phi) is 6.12. The SMILES string of the molecule is CN(CC(=O)Nc1cc(C(F)(F)F)ccc1N1CCOCC1)C(=O)c1ccco1. The van der Waals surface area contributed by atoms with Gasteiger partial charge in [-0.25, -0.2) is 0 Å². The maximum atomic E-state index is 13.1. The molecule has 1 N–H and O–H groups in total. The normalized spacial score (nSPS) is 14.6. The van der Waals surface area contributed by atoms with Crippen molar-refractivity contribution in [1.29, 1.82) is 0 Å². The molecule has 0 saturated carbocycles. The van der Waals surface area contributed by atoms with E-state index in [1.165, 1.54) is 25.4 Å². The lowest BCUT2D eigenvalue weighted by molar-refractivity contribution is -0.137. The maximum Gasteiger partial charge on any atom is 0.416 e. The van der Waals surface area contributed by atoms with Crippen molar-refractivity contribution < 1.29 is 31.9 Å². The third-order valence-electron chi connectivity index (χ3n) is 4.41. The fourth-order valence-corrected chi connectivity index (χ4v) is 2.96. The number of halogens is 3. The average molecular weight is 411 g/mol. The molecule has 10 heteroatoms. The van der Waals surface area contributed by atoms with Crippen LogP contribution < -0.4 is 10.2 Å². The van der Waals surface area contributed by atoms with Gasteiger partial charge < -0.3 is 24.3 Å². The van der Waals surface area contributed by atoms with Gasteiger partial charge in [0.1, 0.15) is 0 Å². The van der Waals surface area contributed by atoms with Crippen LogP contribution in [0.3, 0.4) is 0 Å². The lowest BCUT2D eigenvalue weighted by atomic mass is 10.1. The molecule has 0 atom stereocenters. The first kappa shape index (κ1) is 20.7. The fourth-order valence-electron chi connectivity index (χ4n) is 2.96. The highest BCUT2D eigenvalue weighted by Crippen LogP contribution is 2.35. The van der Waals surface area contributed by atoms with Crippen LogP contribution in [-0.2, 0) is 15.7 Å². The number of hydrogen-bond acceptors (Lipinski definition) is 5. The predicted octanol–water partition coefficient (Wildman–Crippen LogP) is 2.85. The summed E-state index contributed by atoms with van der Waals surface area (Å²) in [7, 11) is 1.40. The molecule has 7 nitrogen and oxygen atoms in total. The minimum atomic E-state index is -4.55. The van der Waals surface area contributed by atoms with E-state index < -0.39 is 23.6 Å². The molecule has 2 heterocycles. The van der Waals surface area contributed by atoms with Crippen molar-refractivity contribution in [3.05, 3.63) is 47.9 Å². The molecule has 0 aliphatic carbocycles. The number of alkyl halides is 3. The number of nitrogens with zero attached hydrogens (tertiary/aromatic N) is 2. The summed E-state index contributed by atoms with van der Waals surface area (Å²) in [6.45, 7) is 1.51. The summed E-state index contributed by atoms with van der Waals surface area (Å²) >= 11 is 0. The summed E-state index contributed by atoms with van der Waals surface area (Å²) in [4.78, 5) is 27.6. The monoisotopic (exact) mass is 411 g/mol. The molecule has 0 radical (unpaired) electrons. The Morgan fingerprint density at radius 1 is 1.21 bits per heavy atom. The van der Waals surface area contributed by atoms with E-state index in [-0.39, 0.29) is 18.0 Å². The van der Waals surface area contributed by atoms with Gasteiger partial charge in [0.25, 0.3) is 5.91 Å². The van der Waals surface area contributed by atoms with E-state index in [0.29, 0.717) is 32.0 Å². The number of rotatable bonds is 5. The van der Waals surface area contributed by atoms with Crippen LogP contribution in [0.1, 0.15) is 16.1 Å². The number of benzene rings is 1. The molecule has 156 valence electrons. The highest BCUT2D eigenvalue weighted by atomic mass is 19.4. The topological polar surface area (TPSA) is 75.0 Å². The van der Waals surface area contributed by atoms with Crippen molar-refractivity contribution in [1.82, 2.24) is 4.90 Å². The number of nitrogens with one attached hydrogen (secondary N) is 1. The highest BCUT2D eigenvalue weighted by molar-refractivity contribution is 5.99. The lowest BCUT2D eigenvalue weighted by Crippen LogP contribution is -2.38. The minimum absolute atomic E-state index is 0.0329. The number of furan rings is 1. The molecule has 3 rings (SSSR count). The van der Waals surface area contributed by atoms with Gasteiger partial charge in [0, 0.05) is 20.1 Å². The number of ether oxygens (including phenoxy) is 1. The summed E-state index contributed by atoms with van der Waals surface area (Å²) < 4.78 is 49.7. The summed E-state index contributed by atoms with van der Waals surface area (Å²) in [5, 5.41) is 2.51. The van der Waals surface area contributed by atoms with Gasteiger partial charge in [-0.3, -0.25) is 9.59 Å². The van der Waals surface area contributed by atoms with Gasteiger partial charge in [-0.15, -0.1) is 0 Å². The van der Waals surface area contributed by atoms with Crippen LogP contribution >= 0.6 is 0 Å². The Hall–Kier alpha value is -3.01. The van der Waals surface area contributed by atoms with Crippen molar-refractivity contribution in [3.63, 3.8) is 0 Å². The van der Waals surface area contributed by atoms with Crippen LogP contribution in [0, 0.1) is 0 Å². The Morgan fingerprint density at radius 3 is 2.55 bits per heavy atom. The van der Waals surface area contributed by atoms with E-state index >= 15 is 0 Å². The summed E-state index contributed by atoms with van der Waals surface area (Å²) in [6.07, 6.45) is -3.21. The summed E-state index contributed by atoms with van der Waals surface area (Å²) in [5.74, 6) is -1.07. The van der Waals surface area contributed by atoms with E-state index in [1.807, 2.05) is 4.90 Å². The van der Waals surface area contributed by atoms with Crippen LogP contribution in [0.15, 0.2) is 41.0 Å². The van der Waals surface area contributed by atoms with Crippen molar-refractivity contribution >= 4 is 23.2 Å². The van der Waals surface area contributed by atoms with Gasteiger partial charge in [0.05, 0.1) is 43.0 Å². The second-order valence-electron chi connectivity index (χ2n) is 6.52. The first-order chi connectivity index (χ1) is 13.8. The van der Waals surface area contributed by atoms with Gasteiger partial charge in [0.2, 0.25) is 5.91 Å². The molecule has 1 fully saturated rings. The van der Waals surface area contributed by atoms with Gasteiger partial charge in [0.15, 0.2) is 5.76 Å². The van der Waals surface area contributed by atoms with Crippen molar-refractivity contribution in [3.8, 4) is 0 Å². The van der Waals surface area contributed by atoms with Crippen LogP contribution in [0.5, 0.6) is 0 Å². The average Bonchev–Trinajstić information content (AvgIpc) is 3.22. The van der Waals surface area contributed by atoms with E-state index in [2.05, 4.69) is 5.32 Å². The molecular formula is C19H20F3N3O4. The molecule has 1 aromatic carbocycles. The molecule has 29 heavy (non-hydrogen) atoms. The maximum absolute atomic E-state index is 13.1. The second-order valence-corrected chi connectivity index (χ2v) is 6.52. The molecule has 1 aromatic heterocycles. The molecule has 1 aliphatic heterocycles. The third kappa shape index (κ3) is 5.08. The van der Waals surface area contributed by atoms with E-state index in [4.69, 9.17) is 9.15 Å². The zero-order valence-corrected chi connectivity index (χ0v) is 15.7. The molecule has 2 aromatic rings. The van der Waals surface area contributed by atoms with Crippen molar-refractivity contribution in [2.75, 3.05) is 50.1 Å². The van der Waals surface area contributed by atoms with E-state index in [9.17, 15) is 22.8 Å². The van der Waals surface area contributed by atoms with Crippen LogP contribution in [-0.4, -0.2) is 56.6 Å². The minimum Gasteiger partial charge on any atom is -0.459 e. The molecular weight excluding hydrogens is 391 g/mol. The quantitative estimate of drug-likeness (QED) is 0.819. The predicted molar refractivity (Wildman–Crippen MR) is 98.8 cm³/mol. The number of carbonyl (C=O) groups is 2. The van der Waals surface area contributed by atoms with Crippen LogP contribution in [0.2, 0.25) is 0 Å². The van der Waals surface area contributed by atoms with Crippen molar-refractivity contribution in [2.24, 2.45) is 0 Å². The van der Waals surface area contributed by atoms with Crippen molar-refractivity contribution in [2.45, 2.75) is 6.18 Å². The largest absolute Gasteiger partial charge is 0.459 e. The zero-order valence-electron chi connectivity index (χ0n) is 15.7. The molecule has 0 spiro atoms. The second kappa shape index (κ2) is 8.56. The number of amides is 2. The summed E-state index contributed by atoms with van der Waals surface area (Å²) in [5.41, 5.74) is -0.370. The van der Waals surface area contributed by atoms with Gasteiger partial charge in [-0.05, 0) is 30.3 Å². The first-order valence-corrected chi connectivity index (χ1v) is 8.88. The third-order valence-corrected chi connectivity index (χ3v) is 4.41. The number of likely N-dealkylation sites (N-methyl/N-ethyl adjacent to an activating group) is 1. The molecule has 0 unspecified atom stereocenters. The lowest BCUT2D eigenvalue weighted by Gasteiger charge is -2.31. The number of anilines is 2.